The highest BCUT2D eigenvalue weighted by Crippen LogP contribution is 2.31. The maximum Gasteiger partial charge on any atom is 0.191 e. The van der Waals surface area contributed by atoms with Gasteiger partial charge in [0.15, 0.2) is 5.96 Å². The van der Waals surface area contributed by atoms with Crippen LogP contribution in [0.1, 0.15) is 58.8 Å². The van der Waals surface area contributed by atoms with Crippen molar-refractivity contribution in [1.29, 1.82) is 0 Å². The van der Waals surface area contributed by atoms with Crippen LogP contribution in [-0.4, -0.2) is 35.8 Å². The van der Waals surface area contributed by atoms with Crippen molar-refractivity contribution in [3.63, 3.8) is 0 Å². The fourth-order valence-corrected chi connectivity index (χ4v) is 3.05. The molecule has 4 nitrogen and oxygen atoms in total. The molecule has 2 fully saturated rings. The van der Waals surface area contributed by atoms with Crippen molar-refractivity contribution in [2.75, 3.05) is 13.1 Å². The fraction of sp³-hybridized carbons (Fsp3) is 0.933. The van der Waals surface area contributed by atoms with E-state index in [1.165, 1.54) is 25.7 Å². The van der Waals surface area contributed by atoms with Crippen LogP contribution < -0.4 is 10.6 Å². The van der Waals surface area contributed by atoms with E-state index < -0.39 is 5.60 Å². The van der Waals surface area contributed by atoms with Crippen molar-refractivity contribution in [1.82, 2.24) is 10.6 Å². The predicted molar refractivity (Wildman–Crippen MR) is 79.3 cm³/mol. The van der Waals surface area contributed by atoms with E-state index >= 15 is 0 Å². The Kier molecular flexibility index (Phi) is 5.08. The molecule has 0 radical (unpaired) electrons. The van der Waals surface area contributed by atoms with E-state index in [1.54, 1.807) is 0 Å². The van der Waals surface area contributed by atoms with E-state index in [2.05, 4.69) is 29.5 Å². The first-order chi connectivity index (χ1) is 9.11. The van der Waals surface area contributed by atoms with E-state index in [-0.39, 0.29) is 0 Å². The summed E-state index contributed by atoms with van der Waals surface area (Å²) in [6.45, 7) is 5.81. The Balaban J connectivity index is 1.85. The molecule has 2 aliphatic carbocycles. The molecule has 0 aromatic rings. The molecule has 0 saturated heterocycles. The Morgan fingerprint density at radius 3 is 2.68 bits per heavy atom. The summed E-state index contributed by atoms with van der Waals surface area (Å²) in [5.41, 5.74) is -0.526. The molecule has 2 saturated carbocycles. The zero-order chi connectivity index (χ0) is 13.7. The Morgan fingerprint density at radius 1 is 1.32 bits per heavy atom. The normalized spacial score (nSPS) is 30.6. The molecule has 0 heterocycles. The molecule has 2 aliphatic rings. The second kappa shape index (κ2) is 6.60. The second-order valence-electron chi connectivity index (χ2n) is 6.39. The predicted octanol–water partition coefficient (Wildman–Crippen LogP) is 2.04. The summed E-state index contributed by atoms with van der Waals surface area (Å²) in [6, 6.07) is 0.539. The summed E-state index contributed by atoms with van der Waals surface area (Å²) >= 11 is 0. The highest BCUT2D eigenvalue weighted by atomic mass is 16.3. The lowest BCUT2D eigenvalue weighted by atomic mass is 9.80. The van der Waals surface area contributed by atoms with Gasteiger partial charge < -0.3 is 15.7 Å². The van der Waals surface area contributed by atoms with Crippen molar-refractivity contribution in [2.24, 2.45) is 10.9 Å². The van der Waals surface area contributed by atoms with Crippen molar-refractivity contribution in [3.8, 4) is 0 Å². The molecular weight excluding hydrogens is 238 g/mol. The molecule has 4 heteroatoms. The second-order valence-corrected chi connectivity index (χ2v) is 6.39. The van der Waals surface area contributed by atoms with Gasteiger partial charge in [-0.15, -0.1) is 0 Å². The Bertz CT molecular complexity index is 313. The third-order valence-corrected chi connectivity index (χ3v) is 4.44. The number of rotatable bonds is 4. The lowest BCUT2D eigenvalue weighted by Gasteiger charge is -2.35. The van der Waals surface area contributed by atoms with Gasteiger partial charge in [-0.05, 0) is 44.9 Å². The molecule has 2 unspecified atom stereocenters. The zero-order valence-corrected chi connectivity index (χ0v) is 12.4. The van der Waals surface area contributed by atoms with Crippen LogP contribution in [0.3, 0.4) is 0 Å². The minimum atomic E-state index is -0.526. The van der Waals surface area contributed by atoms with E-state index in [9.17, 15) is 5.11 Å². The van der Waals surface area contributed by atoms with Gasteiger partial charge in [0.25, 0.3) is 0 Å². The lowest BCUT2D eigenvalue weighted by molar-refractivity contribution is -0.0236. The smallest absolute Gasteiger partial charge is 0.191 e. The highest BCUT2D eigenvalue weighted by Gasteiger charge is 2.34. The van der Waals surface area contributed by atoms with Gasteiger partial charge in [0.2, 0.25) is 0 Å². The summed E-state index contributed by atoms with van der Waals surface area (Å²) in [7, 11) is 0. The van der Waals surface area contributed by atoms with Crippen molar-refractivity contribution in [2.45, 2.75) is 70.4 Å². The van der Waals surface area contributed by atoms with Crippen LogP contribution in [0.4, 0.5) is 0 Å². The largest absolute Gasteiger partial charge is 0.388 e. The minimum absolute atomic E-state index is 0.526. The monoisotopic (exact) mass is 267 g/mol. The van der Waals surface area contributed by atoms with Crippen LogP contribution >= 0.6 is 0 Å². The molecule has 2 atom stereocenters. The van der Waals surface area contributed by atoms with E-state index in [0.717, 1.165) is 37.7 Å². The van der Waals surface area contributed by atoms with Crippen LogP contribution in [-0.2, 0) is 0 Å². The SMILES string of the molecule is CCNC(=NCC1(O)CCC1)NC1CCCC(C)C1. The first-order valence-electron chi connectivity index (χ1n) is 7.88. The Hall–Kier alpha value is -0.770. The molecule has 110 valence electrons. The fourth-order valence-electron chi connectivity index (χ4n) is 3.05. The third kappa shape index (κ3) is 4.37. The van der Waals surface area contributed by atoms with Crippen LogP contribution in [0.25, 0.3) is 0 Å². The topological polar surface area (TPSA) is 56.7 Å². The summed E-state index contributed by atoms with van der Waals surface area (Å²) in [4.78, 5) is 4.57. The van der Waals surface area contributed by atoms with Crippen molar-refractivity contribution in [3.05, 3.63) is 0 Å². The first kappa shape index (κ1) is 14.6. The molecule has 0 spiro atoms. The maximum absolute atomic E-state index is 10.1. The van der Waals surface area contributed by atoms with E-state index in [1.807, 2.05) is 0 Å². The molecule has 0 amide bonds. The maximum atomic E-state index is 10.1. The van der Waals surface area contributed by atoms with Crippen LogP contribution in [0.15, 0.2) is 4.99 Å². The summed E-state index contributed by atoms with van der Waals surface area (Å²) in [6.07, 6.45) is 8.06. The number of guanidine groups is 1. The molecule has 0 aliphatic heterocycles. The van der Waals surface area contributed by atoms with Crippen molar-refractivity contribution < 1.29 is 5.11 Å². The molecule has 2 rings (SSSR count). The summed E-state index contributed by atoms with van der Waals surface area (Å²) < 4.78 is 0. The molecule has 0 aromatic carbocycles. The van der Waals surface area contributed by atoms with E-state index in [0.29, 0.717) is 12.6 Å². The zero-order valence-electron chi connectivity index (χ0n) is 12.4. The average molecular weight is 267 g/mol. The number of aliphatic hydroxyl groups is 1. The number of aliphatic imine (C=N–C) groups is 1. The van der Waals surface area contributed by atoms with Crippen molar-refractivity contribution >= 4 is 5.96 Å². The van der Waals surface area contributed by atoms with Crippen LogP contribution in [0, 0.1) is 5.92 Å². The lowest BCUT2D eigenvalue weighted by Crippen LogP contribution is -2.47. The molecule has 3 N–H and O–H groups in total. The molecule has 19 heavy (non-hydrogen) atoms. The van der Waals surface area contributed by atoms with Gasteiger partial charge in [-0.2, -0.15) is 0 Å². The number of hydrogen-bond donors (Lipinski definition) is 3. The summed E-state index contributed by atoms with van der Waals surface area (Å²) in [5.74, 6) is 1.69. The van der Waals surface area contributed by atoms with Crippen LogP contribution in [0.2, 0.25) is 0 Å². The average Bonchev–Trinajstić information content (AvgIpc) is 2.34. The molecule has 0 aromatic heterocycles. The Labute approximate surface area is 117 Å². The minimum Gasteiger partial charge on any atom is -0.388 e. The van der Waals surface area contributed by atoms with E-state index in [4.69, 9.17) is 0 Å². The molecule has 0 bridgehead atoms. The van der Waals surface area contributed by atoms with Gasteiger partial charge in [-0.1, -0.05) is 19.8 Å². The standard InChI is InChI=1S/C15H29N3O/c1-3-16-14(17-11-15(19)8-5-9-15)18-13-7-4-6-12(2)10-13/h12-13,19H,3-11H2,1-2H3,(H2,16,17,18). The number of nitrogens with one attached hydrogen (secondary N) is 2. The van der Waals surface area contributed by atoms with Gasteiger partial charge in [0, 0.05) is 12.6 Å². The van der Waals surface area contributed by atoms with Gasteiger partial charge in [0.1, 0.15) is 0 Å². The van der Waals surface area contributed by atoms with Gasteiger partial charge in [0.05, 0.1) is 12.1 Å². The quantitative estimate of drug-likeness (QED) is 0.539. The van der Waals surface area contributed by atoms with Gasteiger partial charge in [-0.25, -0.2) is 0 Å². The third-order valence-electron chi connectivity index (χ3n) is 4.44. The van der Waals surface area contributed by atoms with Gasteiger partial charge >= 0.3 is 0 Å². The number of nitrogens with zero attached hydrogens (tertiary/aromatic N) is 1. The molecular formula is C15H29N3O. The summed E-state index contributed by atoms with van der Waals surface area (Å²) in [5, 5.41) is 16.9. The van der Waals surface area contributed by atoms with Gasteiger partial charge in [-0.3, -0.25) is 4.99 Å². The first-order valence-corrected chi connectivity index (χ1v) is 7.88. The number of hydrogen-bond acceptors (Lipinski definition) is 2. The van der Waals surface area contributed by atoms with Crippen LogP contribution in [0.5, 0.6) is 0 Å². The highest BCUT2D eigenvalue weighted by molar-refractivity contribution is 5.80. The Morgan fingerprint density at radius 2 is 2.11 bits per heavy atom.